The minimum absolute atomic E-state index is 0.239. The Balaban J connectivity index is 1.47. The van der Waals surface area contributed by atoms with Crippen molar-refractivity contribution >= 4 is 21.2 Å². The van der Waals surface area contributed by atoms with Crippen LogP contribution in [0.3, 0.4) is 0 Å². The first-order valence-electron chi connectivity index (χ1n) is 12.0. The molecule has 0 spiro atoms. The lowest BCUT2D eigenvalue weighted by atomic mass is 9.79. The summed E-state index contributed by atoms with van der Waals surface area (Å²) in [5, 5.41) is 6.04. The second-order valence-electron chi connectivity index (χ2n) is 9.94. The molecule has 1 aliphatic heterocycles. The predicted molar refractivity (Wildman–Crippen MR) is 129 cm³/mol. The van der Waals surface area contributed by atoms with Gasteiger partial charge in [0, 0.05) is 42.3 Å². The number of likely N-dealkylation sites (tertiary alicyclic amines) is 1. The summed E-state index contributed by atoms with van der Waals surface area (Å²) in [4.78, 5) is 2.72. The van der Waals surface area contributed by atoms with Crippen molar-refractivity contribution in [3.63, 3.8) is 0 Å². The van der Waals surface area contributed by atoms with Crippen molar-refractivity contribution in [2.24, 2.45) is 22.7 Å². The molecule has 0 unspecified atom stereocenters. The van der Waals surface area contributed by atoms with E-state index in [1.165, 1.54) is 25.7 Å². The summed E-state index contributed by atoms with van der Waals surface area (Å²) in [5.74, 6) is 1.95. The fourth-order valence-corrected chi connectivity index (χ4v) is 6.18. The van der Waals surface area contributed by atoms with Crippen molar-refractivity contribution in [2.75, 3.05) is 19.6 Å². The number of hydrogen-bond donors (Lipinski definition) is 2. The van der Waals surface area contributed by atoms with Crippen LogP contribution >= 0.6 is 0 Å². The van der Waals surface area contributed by atoms with Crippen molar-refractivity contribution in [2.45, 2.75) is 70.9 Å². The van der Waals surface area contributed by atoms with Crippen LogP contribution in [-0.4, -0.2) is 43.6 Å². The van der Waals surface area contributed by atoms with Gasteiger partial charge in [-0.3, -0.25) is 0 Å². The van der Waals surface area contributed by atoms with Gasteiger partial charge in [0.2, 0.25) is 0 Å². The lowest BCUT2D eigenvalue weighted by Crippen LogP contribution is -2.43. The van der Waals surface area contributed by atoms with Gasteiger partial charge in [-0.05, 0) is 87.1 Å². The number of rotatable bonds is 7. The second kappa shape index (κ2) is 9.71. The Morgan fingerprint density at radius 3 is 2.34 bits per heavy atom. The van der Waals surface area contributed by atoms with E-state index in [-0.39, 0.29) is 5.75 Å². The Bertz CT molecular complexity index is 1020. The van der Waals surface area contributed by atoms with E-state index in [0.29, 0.717) is 12.6 Å². The summed E-state index contributed by atoms with van der Waals surface area (Å²) in [6.07, 6.45) is 10.6. The predicted octanol–water partition coefficient (Wildman–Crippen LogP) is 3.58. The molecule has 0 radical (unpaired) electrons. The molecule has 32 heavy (non-hydrogen) atoms. The van der Waals surface area contributed by atoms with Crippen LogP contribution in [0, 0.1) is 11.8 Å². The summed E-state index contributed by atoms with van der Waals surface area (Å²) in [6.45, 7) is 7.54. The Kier molecular flexibility index (Phi) is 7.14. The molecule has 2 aromatic rings. The monoisotopic (exact) mass is 462 g/mol. The summed E-state index contributed by atoms with van der Waals surface area (Å²) >= 11 is 0. The Hall–Kier alpha value is -1.61. The number of piperidine rings is 1. The molecule has 1 aliphatic carbocycles. The maximum Gasteiger partial charge on any atom is 0.380 e. The van der Waals surface area contributed by atoms with Gasteiger partial charge in [-0.2, -0.15) is 13.6 Å². The molecule has 2 fully saturated rings. The summed E-state index contributed by atoms with van der Waals surface area (Å²) in [6, 6.07) is 6.58. The molecule has 0 amide bonds. The van der Waals surface area contributed by atoms with Crippen LogP contribution in [0.4, 0.5) is 0 Å². The first-order valence-corrected chi connectivity index (χ1v) is 13.5. The van der Waals surface area contributed by atoms with Crippen LogP contribution in [0.15, 0.2) is 24.4 Å². The highest BCUT2D eigenvalue weighted by Crippen LogP contribution is 2.36. The largest absolute Gasteiger partial charge is 0.380 e. The minimum Gasteiger partial charge on any atom is -0.371 e. The first kappa shape index (κ1) is 23.5. The van der Waals surface area contributed by atoms with Crippen LogP contribution in [0.25, 0.3) is 10.9 Å². The van der Waals surface area contributed by atoms with E-state index in [0.717, 1.165) is 66.7 Å². The van der Waals surface area contributed by atoms with Crippen LogP contribution in [0.1, 0.15) is 64.0 Å². The molecule has 1 aromatic heterocycles. The molecule has 0 atom stereocenters. The zero-order chi connectivity index (χ0) is 22.9. The Morgan fingerprint density at radius 2 is 1.75 bits per heavy atom. The number of hydrogen-bond acceptors (Lipinski definition) is 5. The summed E-state index contributed by atoms with van der Waals surface area (Å²) < 4.78 is 29.9. The highest BCUT2D eigenvalue weighted by atomic mass is 32.2. The van der Waals surface area contributed by atoms with Gasteiger partial charge < -0.3 is 19.4 Å². The van der Waals surface area contributed by atoms with Gasteiger partial charge in [0.25, 0.3) is 0 Å². The fraction of sp³-hybridized carbons (Fsp3) is 0.667. The van der Waals surface area contributed by atoms with Crippen LogP contribution < -0.4 is 15.1 Å². The fourth-order valence-electron chi connectivity index (χ4n) is 5.81. The molecule has 1 aromatic carbocycles. The van der Waals surface area contributed by atoms with Crippen molar-refractivity contribution in [3.05, 3.63) is 30.0 Å². The van der Waals surface area contributed by atoms with Crippen LogP contribution in [-0.2, 0) is 16.7 Å². The molecule has 178 valence electrons. The lowest BCUT2D eigenvalue weighted by Gasteiger charge is -2.42. The molecular formula is C24H38N4O3S. The maximum absolute atomic E-state index is 11.3. The van der Waals surface area contributed by atoms with Crippen LogP contribution in [0.5, 0.6) is 5.75 Å². The standard InChI is InChI=1S/C24H38N4O3S/c1-17(2)18-3-5-20(6-4-18)27-13-10-21(11-14-27)28-16-19(9-12-25)23-15-22(7-8-24(23)28)31-32(26,29)30/h7-8,15-18,20-21H,3-6,9-14,25H2,1-2H3,(H2,26,29,30)/t18-,20+. The van der Waals surface area contributed by atoms with Gasteiger partial charge in [0.05, 0.1) is 0 Å². The normalized spacial score (nSPS) is 23.8. The van der Waals surface area contributed by atoms with Crippen molar-refractivity contribution < 1.29 is 12.6 Å². The van der Waals surface area contributed by atoms with Crippen molar-refractivity contribution in [3.8, 4) is 5.75 Å². The average molecular weight is 463 g/mol. The third-order valence-corrected chi connectivity index (χ3v) is 8.03. The highest BCUT2D eigenvalue weighted by Gasteiger charge is 2.30. The molecule has 7 nitrogen and oxygen atoms in total. The van der Waals surface area contributed by atoms with Crippen LogP contribution in [0.2, 0.25) is 0 Å². The third kappa shape index (κ3) is 5.30. The van der Waals surface area contributed by atoms with Gasteiger partial charge in [0.1, 0.15) is 5.75 Å². The smallest absolute Gasteiger partial charge is 0.371 e. The molecule has 8 heteroatoms. The van der Waals surface area contributed by atoms with Gasteiger partial charge >= 0.3 is 10.3 Å². The highest BCUT2D eigenvalue weighted by molar-refractivity contribution is 7.84. The third-order valence-electron chi connectivity index (χ3n) is 7.61. The Labute approximate surface area is 192 Å². The van der Waals surface area contributed by atoms with Gasteiger partial charge in [-0.25, -0.2) is 0 Å². The van der Waals surface area contributed by atoms with E-state index in [2.05, 4.69) is 29.5 Å². The van der Waals surface area contributed by atoms with Crippen molar-refractivity contribution in [1.82, 2.24) is 9.47 Å². The molecule has 1 saturated heterocycles. The van der Waals surface area contributed by atoms with Gasteiger partial charge in [-0.15, -0.1) is 0 Å². The molecule has 0 bridgehead atoms. The topological polar surface area (TPSA) is 104 Å². The number of benzene rings is 1. The number of aromatic nitrogens is 1. The molecule has 4 rings (SSSR count). The Morgan fingerprint density at radius 1 is 1.06 bits per heavy atom. The number of fused-ring (bicyclic) bond motifs is 1. The molecule has 4 N–H and O–H groups in total. The molecular weight excluding hydrogens is 424 g/mol. The van der Waals surface area contributed by atoms with E-state index in [1.807, 2.05) is 6.07 Å². The number of nitrogens with two attached hydrogens (primary N) is 2. The van der Waals surface area contributed by atoms with E-state index >= 15 is 0 Å². The minimum atomic E-state index is -4.05. The van der Waals surface area contributed by atoms with Gasteiger partial charge in [0.15, 0.2) is 0 Å². The zero-order valence-electron chi connectivity index (χ0n) is 19.4. The molecule has 1 saturated carbocycles. The van der Waals surface area contributed by atoms with E-state index in [1.54, 1.807) is 12.1 Å². The molecule has 2 aliphatic rings. The SMILES string of the molecule is CC(C)[C@H]1CC[C@@H](N2CCC(n3cc(CCN)c4cc(OS(N)(=O)=O)ccc43)CC2)CC1. The average Bonchev–Trinajstić information content (AvgIpc) is 3.11. The summed E-state index contributed by atoms with van der Waals surface area (Å²) in [5.41, 5.74) is 8.07. The van der Waals surface area contributed by atoms with E-state index in [4.69, 9.17) is 15.1 Å². The second-order valence-corrected chi connectivity index (χ2v) is 11.1. The van der Waals surface area contributed by atoms with Gasteiger partial charge in [-0.1, -0.05) is 13.8 Å². The lowest BCUT2D eigenvalue weighted by molar-refractivity contribution is 0.0894. The van der Waals surface area contributed by atoms with E-state index < -0.39 is 10.3 Å². The quantitative estimate of drug-likeness (QED) is 0.655. The first-order chi connectivity index (χ1) is 15.2. The zero-order valence-corrected chi connectivity index (χ0v) is 20.2. The summed E-state index contributed by atoms with van der Waals surface area (Å²) in [7, 11) is -4.05. The van der Waals surface area contributed by atoms with Crippen molar-refractivity contribution in [1.29, 1.82) is 0 Å². The van der Waals surface area contributed by atoms with E-state index in [9.17, 15) is 8.42 Å². The molecule has 2 heterocycles. The number of nitrogens with zero attached hydrogens (tertiary/aromatic N) is 2. The maximum atomic E-state index is 11.3.